The molecule has 0 spiro atoms. The number of fused-ring (bicyclic) bond motifs is 1. The van der Waals surface area contributed by atoms with Gasteiger partial charge in [0.2, 0.25) is 5.95 Å². The first-order chi connectivity index (χ1) is 10.2. The van der Waals surface area contributed by atoms with Gasteiger partial charge in [-0.1, -0.05) is 13.3 Å². The Morgan fingerprint density at radius 3 is 3.05 bits per heavy atom. The van der Waals surface area contributed by atoms with Crippen molar-refractivity contribution >= 4 is 33.3 Å². The van der Waals surface area contributed by atoms with E-state index in [4.69, 9.17) is 5.73 Å². The molecular weight excluding hydrogens is 284 g/mol. The summed E-state index contributed by atoms with van der Waals surface area (Å²) in [4.78, 5) is 10.9. The van der Waals surface area contributed by atoms with Crippen LogP contribution in [0.25, 0.3) is 10.2 Å². The predicted molar refractivity (Wildman–Crippen MR) is 87.7 cm³/mol. The Hall–Kier alpha value is -1.40. The van der Waals surface area contributed by atoms with Crippen LogP contribution in [-0.4, -0.2) is 27.7 Å². The van der Waals surface area contributed by atoms with Crippen molar-refractivity contribution in [3.63, 3.8) is 0 Å². The van der Waals surface area contributed by atoms with Gasteiger partial charge in [0, 0.05) is 11.4 Å². The van der Waals surface area contributed by atoms with Crippen molar-refractivity contribution in [2.75, 3.05) is 17.6 Å². The molecule has 6 heteroatoms. The van der Waals surface area contributed by atoms with Gasteiger partial charge in [-0.3, -0.25) is 0 Å². The lowest BCUT2D eigenvalue weighted by Crippen LogP contribution is -2.25. The third kappa shape index (κ3) is 3.27. The summed E-state index contributed by atoms with van der Waals surface area (Å²) in [5, 5.41) is 14.2. The number of nitrogens with two attached hydrogens (primary N) is 1. The van der Waals surface area contributed by atoms with Crippen LogP contribution < -0.4 is 11.1 Å². The van der Waals surface area contributed by atoms with E-state index in [0.29, 0.717) is 11.9 Å². The summed E-state index contributed by atoms with van der Waals surface area (Å²) in [7, 11) is 0. The summed E-state index contributed by atoms with van der Waals surface area (Å²) in [5.74, 6) is 1.65. The highest BCUT2D eigenvalue weighted by atomic mass is 32.1. The van der Waals surface area contributed by atoms with E-state index in [1.165, 1.54) is 4.88 Å². The number of anilines is 2. The zero-order valence-corrected chi connectivity index (χ0v) is 13.1. The Bertz CT molecular complexity index is 627. The number of aryl methyl sites for hydroxylation is 1. The average Bonchev–Trinajstić information content (AvgIpc) is 2.87. The molecular formula is C15H22N4OS. The van der Waals surface area contributed by atoms with Crippen molar-refractivity contribution in [2.45, 2.75) is 45.1 Å². The van der Waals surface area contributed by atoms with Crippen LogP contribution in [0.5, 0.6) is 0 Å². The maximum atomic E-state index is 9.76. The van der Waals surface area contributed by atoms with Crippen molar-refractivity contribution in [3.05, 3.63) is 10.9 Å². The molecule has 4 N–H and O–H groups in total. The normalized spacial score (nSPS) is 22.6. The molecule has 1 saturated carbocycles. The molecule has 2 atom stereocenters. The number of hydrogen-bond acceptors (Lipinski definition) is 6. The molecule has 1 aliphatic carbocycles. The number of thiophene rings is 1. The first kappa shape index (κ1) is 14.5. The van der Waals surface area contributed by atoms with Crippen LogP contribution in [0.4, 0.5) is 11.8 Å². The van der Waals surface area contributed by atoms with Crippen LogP contribution in [0.2, 0.25) is 0 Å². The maximum Gasteiger partial charge on any atom is 0.223 e. The highest BCUT2D eigenvalue weighted by Gasteiger charge is 2.20. The standard InChI is InChI=1S/C15H22N4OS/c1-2-11-7-12-13(18-15(16)19-14(12)21-11)17-8-9-4-3-5-10(20)6-9/h7,9-10,20H,2-6,8H2,1H3,(H3,16,17,18,19). The molecule has 1 aliphatic rings. The van der Waals surface area contributed by atoms with Gasteiger partial charge in [0.15, 0.2) is 0 Å². The monoisotopic (exact) mass is 306 g/mol. The Morgan fingerprint density at radius 1 is 1.43 bits per heavy atom. The highest BCUT2D eigenvalue weighted by Crippen LogP contribution is 2.31. The number of aliphatic hydroxyl groups is 1. The van der Waals surface area contributed by atoms with Crippen molar-refractivity contribution < 1.29 is 5.11 Å². The molecule has 0 bridgehead atoms. The molecule has 0 amide bonds. The largest absolute Gasteiger partial charge is 0.393 e. The number of nitrogens with zero attached hydrogens (tertiary/aromatic N) is 2. The topological polar surface area (TPSA) is 84.1 Å². The summed E-state index contributed by atoms with van der Waals surface area (Å²) >= 11 is 1.68. The molecule has 21 heavy (non-hydrogen) atoms. The minimum absolute atomic E-state index is 0.145. The van der Waals surface area contributed by atoms with Crippen LogP contribution >= 0.6 is 11.3 Å². The summed E-state index contributed by atoms with van der Waals surface area (Å²) in [6.45, 7) is 2.97. The fourth-order valence-corrected chi connectivity index (χ4v) is 3.96. The Labute approximate surface area is 128 Å². The van der Waals surface area contributed by atoms with Gasteiger partial charge >= 0.3 is 0 Å². The summed E-state index contributed by atoms with van der Waals surface area (Å²) in [6, 6.07) is 2.15. The van der Waals surface area contributed by atoms with Crippen LogP contribution in [0, 0.1) is 5.92 Å². The van der Waals surface area contributed by atoms with Gasteiger partial charge < -0.3 is 16.2 Å². The zero-order valence-electron chi connectivity index (χ0n) is 12.3. The molecule has 2 aromatic heterocycles. The third-order valence-electron chi connectivity index (χ3n) is 4.12. The molecule has 0 aromatic carbocycles. The van der Waals surface area contributed by atoms with Crippen LogP contribution in [0.3, 0.4) is 0 Å². The minimum Gasteiger partial charge on any atom is -0.393 e. The van der Waals surface area contributed by atoms with Crippen LogP contribution in [0.1, 0.15) is 37.5 Å². The highest BCUT2D eigenvalue weighted by molar-refractivity contribution is 7.18. The second-order valence-corrected chi connectivity index (χ2v) is 6.90. The van der Waals surface area contributed by atoms with Crippen LogP contribution in [0.15, 0.2) is 6.07 Å². The molecule has 0 saturated heterocycles. The van der Waals surface area contributed by atoms with Gasteiger partial charge in [-0.25, -0.2) is 4.98 Å². The predicted octanol–water partition coefficient (Wildman–Crippen LogP) is 2.80. The van der Waals surface area contributed by atoms with E-state index in [1.54, 1.807) is 11.3 Å². The zero-order chi connectivity index (χ0) is 14.8. The Kier molecular flexibility index (Phi) is 4.26. The van der Waals surface area contributed by atoms with Gasteiger partial charge in [0.25, 0.3) is 0 Å². The molecule has 2 unspecified atom stereocenters. The second kappa shape index (κ2) is 6.15. The first-order valence-electron chi connectivity index (χ1n) is 7.63. The molecule has 2 heterocycles. The lowest BCUT2D eigenvalue weighted by Gasteiger charge is -2.26. The summed E-state index contributed by atoms with van der Waals surface area (Å²) in [5.41, 5.74) is 5.81. The lowest BCUT2D eigenvalue weighted by atomic mass is 9.87. The number of rotatable bonds is 4. The number of nitrogens with one attached hydrogen (secondary N) is 1. The van der Waals surface area contributed by atoms with E-state index in [-0.39, 0.29) is 6.10 Å². The SMILES string of the molecule is CCc1cc2c(NCC3CCCC(O)C3)nc(N)nc2s1. The molecule has 1 fully saturated rings. The fourth-order valence-electron chi connectivity index (χ4n) is 2.99. The van der Waals surface area contributed by atoms with E-state index in [9.17, 15) is 5.11 Å². The lowest BCUT2D eigenvalue weighted by molar-refractivity contribution is 0.104. The molecule has 5 nitrogen and oxygen atoms in total. The van der Waals surface area contributed by atoms with Gasteiger partial charge in [0.1, 0.15) is 10.6 Å². The van der Waals surface area contributed by atoms with Crippen molar-refractivity contribution in [1.29, 1.82) is 0 Å². The first-order valence-corrected chi connectivity index (χ1v) is 8.45. The number of aliphatic hydroxyl groups excluding tert-OH is 1. The van der Waals surface area contributed by atoms with Crippen molar-refractivity contribution in [3.8, 4) is 0 Å². The van der Waals surface area contributed by atoms with Crippen molar-refractivity contribution in [1.82, 2.24) is 9.97 Å². The third-order valence-corrected chi connectivity index (χ3v) is 5.30. The van der Waals surface area contributed by atoms with Crippen LogP contribution in [-0.2, 0) is 6.42 Å². The molecule has 3 rings (SSSR count). The molecule has 0 aliphatic heterocycles. The Balaban J connectivity index is 1.77. The quantitative estimate of drug-likeness (QED) is 0.809. The maximum absolute atomic E-state index is 9.76. The fraction of sp³-hybridized carbons (Fsp3) is 0.600. The van der Waals surface area contributed by atoms with Gasteiger partial charge in [0.05, 0.1) is 11.5 Å². The van der Waals surface area contributed by atoms with E-state index in [2.05, 4.69) is 28.3 Å². The second-order valence-electron chi connectivity index (χ2n) is 5.78. The molecule has 2 aromatic rings. The average molecular weight is 306 g/mol. The van der Waals surface area contributed by atoms with Gasteiger partial charge in [-0.15, -0.1) is 11.3 Å². The molecule has 114 valence electrons. The van der Waals surface area contributed by atoms with Gasteiger partial charge in [-0.05, 0) is 37.7 Å². The summed E-state index contributed by atoms with van der Waals surface area (Å²) < 4.78 is 0. The number of nitrogen functional groups attached to an aromatic ring is 1. The van der Waals surface area contributed by atoms with Gasteiger partial charge in [-0.2, -0.15) is 4.98 Å². The van der Waals surface area contributed by atoms with E-state index in [0.717, 1.165) is 54.7 Å². The number of aromatic nitrogens is 2. The Morgan fingerprint density at radius 2 is 2.29 bits per heavy atom. The van der Waals surface area contributed by atoms with Crippen molar-refractivity contribution in [2.24, 2.45) is 5.92 Å². The van der Waals surface area contributed by atoms with E-state index >= 15 is 0 Å². The van der Waals surface area contributed by atoms with E-state index < -0.39 is 0 Å². The minimum atomic E-state index is -0.145. The summed E-state index contributed by atoms with van der Waals surface area (Å²) in [6.07, 6.45) is 4.93. The number of hydrogen-bond donors (Lipinski definition) is 3. The molecule has 0 radical (unpaired) electrons. The smallest absolute Gasteiger partial charge is 0.223 e. The van der Waals surface area contributed by atoms with E-state index in [1.807, 2.05) is 0 Å².